The van der Waals surface area contributed by atoms with Gasteiger partial charge in [0.2, 0.25) is 0 Å². The summed E-state index contributed by atoms with van der Waals surface area (Å²) in [5.41, 5.74) is 3.42. The van der Waals surface area contributed by atoms with E-state index >= 15 is 0 Å². The first-order chi connectivity index (χ1) is 9.54. The van der Waals surface area contributed by atoms with Crippen molar-refractivity contribution in [1.29, 1.82) is 0 Å². The van der Waals surface area contributed by atoms with Gasteiger partial charge >= 0.3 is 0 Å². The lowest BCUT2D eigenvalue weighted by Gasteiger charge is -2.08. The molecule has 4 heteroatoms. The van der Waals surface area contributed by atoms with E-state index in [9.17, 15) is 0 Å². The third-order valence-electron chi connectivity index (χ3n) is 3.14. The zero-order valence-electron chi connectivity index (χ0n) is 12.4. The average molecular weight is 292 g/mol. The highest BCUT2D eigenvalue weighted by atomic mass is 35.5. The number of nitrogens with one attached hydrogen (secondary N) is 1. The molecule has 0 spiro atoms. The van der Waals surface area contributed by atoms with Crippen LogP contribution in [0.4, 0.5) is 0 Å². The standard InChI is InChI=1S/C16H22ClN3/c1-12(2)8-18-9-14-4-6-15(7-5-14)10-20-11-16(17)13(3)19-20/h4-7,11-12,18H,8-10H2,1-3H3. The van der Waals surface area contributed by atoms with E-state index in [0.29, 0.717) is 5.92 Å². The Morgan fingerprint density at radius 3 is 2.40 bits per heavy atom. The molecule has 1 aromatic heterocycles. The number of hydrogen-bond acceptors (Lipinski definition) is 2. The van der Waals surface area contributed by atoms with Crippen LogP contribution in [0.3, 0.4) is 0 Å². The van der Waals surface area contributed by atoms with Crippen LogP contribution in [-0.4, -0.2) is 16.3 Å². The van der Waals surface area contributed by atoms with E-state index in [1.54, 1.807) is 0 Å². The fraction of sp³-hybridized carbons (Fsp3) is 0.438. The van der Waals surface area contributed by atoms with Gasteiger partial charge in [0, 0.05) is 12.7 Å². The van der Waals surface area contributed by atoms with Crippen molar-refractivity contribution in [2.45, 2.75) is 33.9 Å². The fourth-order valence-corrected chi connectivity index (χ4v) is 2.18. The monoisotopic (exact) mass is 291 g/mol. The number of benzene rings is 1. The number of aryl methyl sites for hydroxylation is 1. The normalized spacial score (nSPS) is 11.2. The summed E-state index contributed by atoms with van der Waals surface area (Å²) < 4.78 is 1.88. The topological polar surface area (TPSA) is 29.9 Å². The summed E-state index contributed by atoms with van der Waals surface area (Å²) in [4.78, 5) is 0. The van der Waals surface area contributed by atoms with Gasteiger partial charge in [0.25, 0.3) is 0 Å². The number of hydrogen-bond donors (Lipinski definition) is 1. The maximum atomic E-state index is 6.01. The summed E-state index contributed by atoms with van der Waals surface area (Å²) in [7, 11) is 0. The molecule has 1 heterocycles. The predicted molar refractivity (Wildman–Crippen MR) is 84.1 cm³/mol. The van der Waals surface area contributed by atoms with Crippen LogP contribution in [0.1, 0.15) is 30.7 Å². The van der Waals surface area contributed by atoms with Crippen LogP contribution in [0.2, 0.25) is 5.02 Å². The summed E-state index contributed by atoms with van der Waals surface area (Å²) in [5.74, 6) is 0.682. The molecule has 1 N–H and O–H groups in total. The Morgan fingerprint density at radius 2 is 1.85 bits per heavy atom. The first kappa shape index (κ1) is 15.1. The molecule has 0 radical (unpaired) electrons. The van der Waals surface area contributed by atoms with Gasteiger partial charge in [0.1, 0.15) is 0 Å². The van der Waals surface area contributed by atoms with Crippen LogP contribution in [0.25, 0.3) is 0 Å². The Labute approximate surface area is 126 Å². The second kappa shape index (κ2) is 6.91. The van der Waals surface area contributed by atoms with E-state index in [1.165, 1.54) is 11.1 Å². The van der Waals surface area contributed by atoms with Crippen LogP contribution in [-0.2, 0) is 13.1 Å². The van der Waals surface area contributed by atoms with E-state index in [1.807, 2.05) is 17.8 Å². The number of nitrogens with zero attached hydrogens (tertiary/aromatic N) is 2. The van der Waals surface area contributed by atoms with Gasteiger partial charge in [-0.25, -0.2) is 0 Å². The van der Waals surface area contributed by atoms with E-state index in [0.717, 1.165) is 30.4 Å². The van der Waals surface area contributed by atoms with Crippen LogP contribution in [0.5, 0.6) is 0 Å². The van der Waals surface area contributed by atoms with Gasteiger partial charge in [-0.2, -0.15) is 5.10 Å². The van der Waals surface area contributed by atoms with E-state index in [4.69, 9.17) is 11.6 Å². The maximum absolute atomic E-state index is 6.01. The van der Waals surface area contributed by atoms with Gasteiger partial charge in [-0.15, -0.1) is 0 Å². The third-order valence-corrected chi connectivity index (χ3v) is 3.51. The van der Waals surface area contributed by atoms with Gasteiger partial charge in [-0.1, -0.05) is 49.7 Å². The number of aromatic nitrogens is 2. The molecular formula is C16H22ClN3. The zero-order valence-corrected chi connectivity index (χ0v) is 13.1. The molecule has 0 aliphatic heterocycles. The molecule has 3 nitrogen and oxygen atoms in total. The van der Waals surface area contributed by atoms with Crippen LogP contribution in [0.15, 0.2) is 30.5 Å². The third kappa shape index (κ3) is 4.36. The van der Waals surface area contributed by atoms with Crippen molar-refractivity contribution < 1.29 is 0 Å². The lowest BCUT2D eigenvalue weighted by atomic mass is 10.1. The van der Waals surface area contributed by atoms with Gasteiger partial charge in [0.15, 0.2) is 0 Å². The van der Waals surface area contributed by atoms with Crippen molar-refractivity contribution in [3.05, 3.63) is 52.3 Å². The number of rotatable bonds is 6. The molecule has 20 heavy (non-hydrogen) atoms. The zero-order chi connectivity index (χ0) is 14.5. The Kier molecular flexibility index (Phi) is 5.21. The number of halogens is 1. The Bertz CT molecular complexity index is 524. The lowest BCUT2D eigenvalue weighted by Crippen LogP contribution is -2.18. The largest absolute Gasteiger partial charge is 0.312 e. The van der Waals surface area contributed by atoms with Gasteiger partial charge in [0.05, 0.1) is 17.3 Å². The second-order valence-electron chi connectivity index (χ2n) is 5.60. The van der Waals surface area contributed by atoms with Crippen molar-refractivity contribution in [2.24, 2.45) is 5.92 Å². The van der Waals surface area contributed by atoms with Crippen molar-refractivity contribution in [3.8, 4) is 0 Å². The van der Waals surface area contributed by atoms with Crippen molar-refractivity contribution in [2.75, 3.05) is 6.54 Å². The smallest absolute Gasteiger partial charge is 0.0815 e. The van der Waals surface area contributed by atoms with Crippen molar-refractivity contribution in [3.63, 3.8) is 0 Å². The maximum Gasteiger partial charge on any atom is 0.0815 e. The van der Waals surface area contributed by atoms with Crippen LogP contribution in [0, 0.1) is 12.8 Å². The lowest BCUT2D eigenvalue weighted by molar-refractivity contribution is 0.552. The molecule has 0 saturated heterocycles. The highest BCUT2D eigenvalue weighted by molar-refractivity contribution is 6.31. The summed E-state index contributed by atoms with van der Waals surface area (Å²) in [5, 5.41) is 8.54. The molecule has 0 aliphatic rings. The quantitative estimate of drug-likeness (QED) is 0.880. The molecule has 108 valence electrons. The SMILES string of the molecule is Cc1nn(Cc2ccc(CNCC(C)C)cc2)cc1Cl. The minimum atomic E-state index is 0.682. The van der Waals surface area contributed by atoms with Gasteiger partial charge < -0.3 is 5.32 Å². The Hall–Kier alpha value is -1.32. The minimum absolute atomic E-state index is 0.682. The molecular weight excluding hydrogens is 270 g/mol. The van der Waals surface area contributed by atoms with Gasteiger partial charge in [-0.05, 0) is 30.5 Å². The highest BCUT2D eigenvalue weighted by Gasteiger charge is 2.03. The van der Waals surface area contributed by atoms with E-state index in [-0.39, 0.29) is 0 Å². The molecule has 0 amide bonds. The highest BCUT2D eigenvalue weighted by Crippen LogP contribution is 2.13. The molecule has 0 aliphatic carbocycles. The first-order valence-electron chi connectivity index (χ1n) is 7.02. The molecule has 2 aromatic rings. The van der Waals surface area contributed by atoms with E-state index < -0.39 is 0 Å². The summed E-state index contributed by atoms with van der Waals surface area (Å²) in [6, 6.07) is 8.63. The fourth-order valence-electron chi connectivity index (χ4n) is 2.03. The second-order valence-corrected chi connectivity index (χ2v) is 6.01. The molecule has 0 atom stereocenters. The van der Waals surface area contributed by atoms with Crippen molar-refractivity contribution >= 4 is 11.6 Å². The van der Waals surface area contributed by atoms with E-state index in [2.05, 4.69) is 48.5 Å². The summed E-state index contributed by atoms with van der Waals surface area (Å²) >= 11 is 6.01. The molecule has 0 bridgehead atoms. The predicted octanol–water partition coefficient (Wildman–Crippen LogP) is 3.64. The van der Waals surface area contributed by atoms with Crippen LogP contribution >= 0.6 is 11.6 Å². The summed E-state index contributed by atoms with van der Waals surface area (Å²) in [6.07, 6.45) is 1.87. The molecule has 1 aromatic carbocycles. The summed E-state index contributed by atoms with van der Waals surface area (Å²) in [6.45, 7) is 9.08. The average Bonchev–Trinajstić information content (AvgIpc) is 2.70. The minimum Gasteiger partial charge on any atom is -0.312 e. The molecule has 2 rings (SSSR count). The molecule has 0 unspecified atom stereocenters. The van der Waals surface area contributed by atoms with Crippen LogP contribution < -0.4 is 5.32 Å². The van der Waals surface area contributed by atoms with Crippen molar-refractivity contribution in [1.82, 2.24) is 15.1 Å². The Balaban J connectivity index is 1.91. The molecule has 0 saturated carbocycles. The molecule has 0 fully saturated rings. The Morgan fingerprint density at radius 1 is 1.20 bits per heavy atom. The van der Waals surface area contributed by atoms with Gasteiger partial charge in [-0.3, -0.25) is 4.68 Å². The first-order valence-corrected chi connectivity index (χ1v) is 7.40.